The Labute approximate surface area is 196 Å². The molecule has 11 nitrogen and oxygen atoms in total. The number of hydrogen-bond donors (Lipinski definition) is 3. The molecule has 0 aromatic carbocycles. The summed E-state index contributed by atoms with van der Waals surface area (Å²) < 4.78 is 3.32. The number of nitrogens with one attached hydrogen (secondary N) is 3. The Hall–Kier alpha value is -3.91. The van der Waals surface area contributed by atoms with E-state index in [0.29, 0.717) is 35.0 Å². The van der Waals surface area contributed by atoms with Gasteiger partial charge in [0.1, 0.15) is 22.9 Å². The van der Waals surface area contributed by atoms with E-state index in [0.717, 1.165) is 38.9 Å². The van der Waals surface area contributed by atoms with E-state index in [9.17, 15) is 9.59 Å². The molecule has 0 radical (unpaired) electrons. The van der Waals surface area contributed by atoms with E-state index in [2.05, 4.69) is 37.0 Å². The molecule has 0 bridgehead atoms. The molecule has 1 aliphatic carbocycles. The minimum absolute atomic E-state index is 0.0591. The Kier molecular flexibility index (Phi) is 5.90. The van der Waals surface area contributed by atoms with Crippen molar-refractivity contribution >= 4 is 28.9 Å². The van der Waals surface area contributed by atoms with Crippen LogP contribution in [0, 0.1) is 11.3 Å². The number of hydrogen-bond acceptors (Lipinski definition) is 8. The molecule has 0 spiro atoms. The second-order valence-corrected chi connectivity index (χ2v) is 8.73. The number of nitrogens with zero attached hydrogens (tertiary/aromatic N) is 6. The fourth-order valence-corrected chi connectivity index (χ4v) is 4.34. The largest absolute Gasteiger partial charge is 0.373 e. The highest BCUT2D eigenvalue weighted by molar-refractivity contribution is 6.00. The van der Waals surface area contributed by atoms with Crippen molar-refractivity contribution in [3.8, 4) is 6.07 Å². The van der Waals surface area contributed by atoms with Crippen molar-refractivity contribution in [1.29, 1.82) is 5.26 Å². The van der Waals surface area contributed by atoms with E-state index in [1.807, 2.05) is 6.07 Å². The van der Waals surface area contributed by atoms with Crippen LogP contribution in [-0.4, -0.2) is 62.7 Å². The molecule has 1 saturated heterocycles. The normalized spacial score (nSPS) is 18.1. The van der Waals surface area contributed by atoms with Crippen molar-refractivity contribution < 1.29 is 4.79 Å². The first kappa shape index (κ1) is 21.9. The average Bonchev–Trinajstić information content (AvgIpc) is 3.35. The van der Waals surface area contributed by atoms with E-state index in [1.54, 1.807) is 34.5 Å². The standard InChI is InChI=1S/C23H27N9O2/c1-25-20-12-19(29-21-17(13-26-32(20)21)22(33)27-15-5-6-15)28-18-4-2-10-31(23(18)34)16-7-11-30(14-16)9-3-8-24/h2,4,10,12-13,15-16,25H,3,5-7,9,11,14H2,1H3,(H,27,33)(H,28,29)/t16-/m0/s1. The van der Waals surface area contributed by atoms with Gasteiger partial charge in [-0.25, -0.2) is 4.98 Å². The van der Waals surface area contributed by atoms with Crippen LogP contribution in [-0.2, 0) is 0 Å². The van der Waals surface area contributed by atoms with Gasteiger partial charge in [0.15, 0.2) is 5.65 Å². The monoisotopic (exact) mass is 461 g/mol. The smallest absolute Gasteiger partial charge is 0.274 e. The first-order chi connectivity index (χ1) is 16.6. The third-order valence-corrected chi connectivity index (χ3v) is 6.30. The topological polar surface area (TPSA) is 132 Å². The van der Waals surface area contributed by atoms with Crippen LogP contribution in [0.2, 0.25) is 0 Å². The lowest BCUT2D eigenvalue weighted by atomic mass is 10.2. The van der Waals surface area contributed by atoms with Gasteiger partial charge in [0.05, 0.1) is 18.3 Å². The molecule has 2 aliphatic rings. The fraction of sp³-hybridized carbons (Fsp3) is 0.435. The Morgan fingerprint density at radius 1 is 1.32 bits per heavy atom. The molecule has 176 valence electrons. The van der Waals surface area contributed by atoms with Crippen molar-refractivity contribution in [3.05, 3.63) is 46.5 Å². The number of rotatable bonds is 8. The van der Waals surface area contributed by atoms with Crippen LogP contribution >= 0.6 is 0 Å². The van der Waals surface area contributed by atoms with Gasteiger partial charge in [-0.1, -0.05) is 0 Å². The van der Waals surface area contributed by atoms with E-state index in [1.165, 1.54) is 6.20 Å². The quantitative estimate of drug-likeness (QED) is 0.462. The van der Waals surface area contributed by atoms with E-state index < -0.39 is 0 Å². The van der Waals surface area contributed by atoms with Crippen molar-refractivity contribution in [3.63, 3.8) is 0 Å². The van der Waals surface area contributed by atoms with Gasteiger partial charge in [0, 0.05) is 51.4 Å². The molecule has 1 atom stereocenters. The number of aromatic nitrogens is 4. The molecule has 0 unspecified atom stereocenters. The molecule has 34 heavy (non-hydrogen) atoms. The summed E-state index contributed by atoms with van der Waals surface area (Å²) in [5, 5.41) is 22.3. The molecular formula is C23H27N9O2. The highest BCUT2D eigenvalue weighted by atomic mass is 16.2. The van der Waals surface area contributed by atoms with Crippen molar-refractivity contribution in [2.45, 2.75) is 37.8 Å². The lowest BCUT2D eigenvalue weighted by Crippen LogP contribution is -2.29. The van der Waals surface area contributed by atoms with Crippen molar-refractivity contribution in [2.24, 2.45) is 0 Å². The average molecular weight is 462 g/mol. The molecule has 3 aromatic rings. The van der Waals surface area contributed by atoms with Crippen LogP contribution in [0.1, 0.15) is 42.1 Å². The number of fused-ring (bicyclic) bond motifs is 1. The molecule has 1 saturated carbocycles. The van der Waals surface area contributed by atoms with Crippen LogP contribution in [0.5, 0.6) is 0 Å². The maximum absolute atomic E-state index is 13.3. The summed E-state index contributed by atoms with van der Waals surface area (Å²) in [7, 11) is 1.76. The summed E-state index contributed by atoms with van der Waals surface area (Å²) in [6.45, 7) is 2.33. The predicted octanol–water partition coefficient (Wildman–Crippen LogP) is 1.73. The van der Waals surface area contributed by atoms with Gasteiger partial charge in [-0.05, 0) is 31.4 Å². The number of likely N-dealkylation sites (tertiary alicyclic amines) is 1. The highest BCUT2D eigenvalue weighted by Crippen LogP contribution is 2.24. The SMILES string of the molecule is CNc1cc(Nc2cccn([C@H]3CCN(CCC#N)C3)c2=O)nc2c(C(=O)NC3CC3)cnn12. The lowest BCUT2D eigenvalue weighted by molar-refractivity contribution is 0.0952. The molecular weight excluding hydrogens is 434 g/mol. The second-order valence-electron chi connectivity index (χ2n) is 8.73. The molecule has 3 N–H and O–H groups in total. The maximum atomic E-state index is 13.3. The summed E-state index contributed by atoms with van der Waals surface area (Å²) in [5.74, 6) is 0.876. The molecule has 3 aromatic heterocycles. The zero-order chi connectivity index (χ0) is 23.7. The minimum atomic E-state index is -0.201. The number of anilines is 3. The van der Waals surface area contributed by atoms with Gasteiger partial charge in [0.25, 0.3) is 11.5 Å². The Morgan fingerprint density at radius 3 is 2.94 bits per heavy atom. The van der Waals surface area contributed by atoms with E-state index in [4.69, 9.17) is 5.26 Å². The fourth-order valence-electron chi connectivity index (χ4n) is 4.34. The van der Waals surface area contributed by atoms with Gasteiger partial charge >= 0.3 is 0 Å². The number of nitriles is 1. The van der Waals surface area contributed by atoms with Crippen molar-refractivity contribution in [1.82, 2.24) is 29.4 Å². The van der Waals surface area contributed by atoms with Gasteiger partial charge < -0.3 is 25.4 Å². The molecule has 4 heterocycles. The van der Waals surface area contributed by atoms with Gasteiger partial charge in [-0.2, -0.15) is 14.9 Å². The third kappa shape index (κ3) is 4.32. The first-order valence-electron chi connectivity index (χ1n) is 11.5. The van der Waals surface area contributed by atoms with Crippen LogP contribution in [0.25, 0.3) is 5.65 Å². The number of pyridine rings is 1. The molecule has 11 heteroatoms. The molecule has 1 amide bonds. The van der Waals surface area contributed by atoms with Crippen LogP contribution < -0.4 is 21.5 Å². The molecule has 1 aliphatic heterocycles. The van der Waals surface area contributed by atoms with Crippen molar-refractivity contribution in [2.75, 3.05) is 37.3 Å². The third-order valence-electron chi connectivity index (χ3n) is 6.30. The lowest BCUT2D eigenvalue weighted by Gasteiger charge is -2.17. The summed E-state index contributed by atoms with van der Waals surface area (Å²) in [6.07, 6.45) is 6.64. The minimum Gasteiger partial charge on any atom is -0.373 e. The van der Waals surface area contributed by atoms with Gasteiger partial charge in [-0.15, -0.1) is 0 Å². The Balaban J connectivity index is 1.42. The molecule has 2 fully saturated rings. The zero-order valence-electron chi connectivity index (χ0n) is 19.0. The number of amides is 1. The summed E-state index contributed by atoms with van der Waals surface area (Å²) in [6, 6.07) is 7.77. The Bertz CT molecular complexity index is 1320. The number of carbonyl (C=O) groups excluding carboxylic acids is 1. The number of carbonyl (C=O) groups is 1. The summed E-state index contributed by atoms with van der Waals surface area (Å²) in [5.41, 5.74) is 1.07. The van der Waals surface area contributed by atoms with E-state index in [-0.39, 0.29) is 23.6 Å². The van der Waals surface area contributed by atoms with E-state index >= 15 is 0 Å². The predicted molar refractivity (Wildman–Crippen MR) is 127 cm³/mol. The summed E-state index contributed by atoms with van der Waals surface area (Å²) >= 11 is 0. The van der Waals surface area contributed by atoms with Crippen LogP contribution in [0.3, 0.4) is 0 Å². The second kappa shape index (κ2) is 9.15. The highest BCUT2D eigenvalue weighted by Gasteiger charge is 2.27. The first-order valence-corrected chi connectivity index (χ1v) is 11.5. The van der Waals surface area contributed by atoms with Crippen LogP contribution in [0.15, 0.2) is 35.4 Å². The summed E-state index contributed by atoms with van der Waals surface area (Å²) in [4.78, 5) is 32.7. The van der Waals surface area contributed by atoms with Gasteiger partial charge in [-0.3, -0.25) is 9.59 Å². The van der Waals surface area contributed by atoms with Gasteiger partial charge in [0.2, 0.25) is 0 Å². The maximum Gasteiger partial charge on any atom is 0.274 e. The Morgan fingerprint density at radius 2 is 2.18 bits per heavy atom. The zero-order valence-corrected chi connectivity index (χ0v) is 19.0. The molecule has 5 rings (SSSR count). The van der Waals surface area contributed by atoms with Crippen LogP contribution in [0.4, 0.5) is 17.3 Å².